The number of rotatable bonds is 4. The summed E-state index contributed by atoms with van der Waals surface area (Å²) >= 11 is 0. The van der Waals surface area contributed by atoms with Crippen molar-refractivity contribution >= 4 is 16.7 Å². The van der Waals surface area contributed by atoms with Gasteiger partial charge in [0.2, 0.25) is 0 Å². The van der Waals surface area contributed by atoms with E-state index in [1.54, 1.807) is 0 Å². The van der Waals surface area contributed by atoms with Gasteiger partial charge in [-0.25, -0.2) is 9.97 Å². The molecule has 0 spiro atoms. The predicted octanol–water partition coefficient (Wildman–Crippen LogP) is 5.68. The fourth-order valence-electron chi connectivity index (χ4n) is 6.12. The quantitative estimate of drug-likeness (QED) is 0.315. The van der Waals surface area contributed by atoms with E-state index in [-0.39, 0.29) is 0 Å². The van der Waals surface area contributed by atoms with E-state index in [0.717, 1.165) is 61.4 Å². The molecule has 7 nitrogen and oxygen atoms in total. The first-order valence-corrected chi connectivity index (χ1v) is 13.1. The molecule has 39 heavy (non-hydrogen) atoms. The lowest BCUT2D eigenvalue weighted by molar-refractivity contribution is -0.0738. The van der Waals surface area contributed by atoms with Crippen LogP contribution in [0.1, 0.15) is 31.0 Å². The first kappa shape index (κ1) is 23.6. The SMILES string of the molecule is Cc1cc2ncc3c(-c4ccncc4)c(-c4ccccc4)c(-c4ccc(C5(N)CC(C)(O)C5)cc4)nc3n2n1. The molecule has 7 rings (SSSR count). The lowest BCUT2D eigenvalue weighted by Crippen LogP contribution is -2.58. The molecule has 1 saturated carbocycles. The van der Waals surface area contributed by atoms with E-state index in [0.29, 0.717) is 12.8 Å². The first-order valence-electron chi connectivity index (χ1n) is 13.1. The number of nitrogens with zero attached hydrogens (tertiary/aromatic N) is 5. The molecule has 0 unspecified atom stereocenters. The fourth-order valence-corrected chi connectivity index (χ4v) is 6.12. The molecule has 0 saturated heterocycles. The number of pyridine rings is 2. The highest BCUT2D eigenvalue weighted by atomic mass is 16.3. The van der Waals surface area contributed by atoms with Crippen LogP contribution in [0, 0.1) is 6.92 Å². The van der Waals surface area contributed by atoms with Gasteiger partial charge in [-0.05, 0) is 55.5 Å². The number of hydrogen-bond donors (Lipinski definition) is 2. The zero-order chi connectivity index (χ0) is 26.8. The average Bonchev–Trinajstić information content (AvgIpc) is 3.32. The molecule has 0 aliphatic heterocycles. The van der Waals surface area contributed by atoms with Gasteiger partial charge in [-0.15, -0.1) is 0 Å². The standard InChI is InChI=1S/C32H28N6O/c1-20-16-26-35-17-25-27(22-12-14-34-15-13-22)28(21-6-4-3-5-7-21)29(36-30(25)38(26)37-20)23-8-10-24(11-9-23)32(33)18-31(2,39)19-32/h3-17,39H,18-19,33H2,1-2H3. The highest BCUT2D eigenvalue weighted by Gasteiger charge is 2.49. The zero-order valence-corrected chi connectivity index (χ0v) is 21.8. The number of nitrogens with two attached hydrogens (primary N) is 1. The molecule has 2 aromatic carbocycles. The smallest absolute Gasteiger partial charge is 0.165 e. The molecule has 0 amide bonds. The highest BCUT2D eigenvalue weighted by Crippen LogP contribution is 2.47. The Morgan fingerprint density at radius 1 is 0.872 bits per heavy atom. The maximum absolute atomic E-state index is 10.3. The van der Waals surface area contributed by atoms with Crippen LogP contribution in [0.25, 0.3) is 50.2 Å². The Bertz CT molecular complexity index is 1840. The van der Waals surface area contributed by atoms with Crippen LogP contribution in [0.2, 0.25) is 0 Å². The van der Waals surface area contributed by atoms with E-state index in [4.69, 9.17) is 20.8 Å². The molecule has 1 aliphatic rings. The van der Waals surface area contributed by atoms with Gasteiger partial charge in [-0.1, -0.05) is 54.6 Å². The Hall–Kier alpha value is -4.46. The number of aromatic nitrogens is 5. The largest absolute Gasteiger partial charge is 0.390 e. The van der Waals surface area contributed by atoms with Crippen LogP contribution in [0.3, 0.4) is 0 Å². The molecule has 1 fully saturated rings. The van der Waals surface area contributed by atoms with Crippen LogP contribution in [0.4, 0.5) is 0 Å². The molecule has 4 heterocycles. The van der Waals surface area contributed by atoms with Crippen molar-refractivity contribution in [1.82, 2.24) is 24.6 Å². The van der Waals surface area contributed by atoms with Crippen molar-refractivity contribution in [1.29, 1.82) is 0 Å². The van der Waals surface area contributed by atoms with Crippen molar-refractivity contribution in [3.05, 3.63) is 103 Å². The number of hydrogen-bond acceptors (Lipinski definition) is 6. The summed E-state index contributed by atoms with van der Waals surface area (Å²) in [6, 6.07) is 24.6. The molecule has 4 aromatic heterocycles. The third-order valence-electron chi connectivity index (χ3n) is 7.71. The van der Waals surface area contributed by atoms with Crippen molar-refractivity contribution in [3.8, 4) is 33.5 Å². The van der Waals surface area contributed by atoms with Gasteiger partial charge < -0.3 is 10.8 Å². The Morgan fingerprint density at radius 3 is 2.26 bits per heavy atom. The molecule has 7 heteroatoms. The Morgan fingerprint density at radius 2 is 1.56 bits per heavy atom. The molecule has 192 valence electrons. The molecule has 3 N–H and O–H groups in total. The second kappa shape index (κ2) is 8.53. The minimum absolute atomic E-state index is 0.520. The summed E-state index contributed by atoms with van der Waals surface area (Å²) in [6.45, 7) is 3.80. The Labute approximate surface area is 226 Å². The second-order valence-corrected chi connectivity index (χ2v) is 10.9. The van der Waals surface area contributed by atoms with Crippen LogP contribution >= 0.6 is 0 Å². The van der Waals surface area contributed by atoms with Gasteiger partial charge in [-0.2, -0.15) is 9.61 Å². The van der Waals surface area contributed by atoms with Crippen molar-refractivity contribution < 1.29 is 5.11 Å². The van der Waals surface area contributed by atoms with Crippen LogP contribution in [0.15, 0.2) is 91.4 Å². The molecule has 0 radical (unpaired) electrons. The number of fused-ring (bicyclic) bond motifs is 3. The normalized spacial score (nSPS) is 20.8. The predicted molar refractivity (Wildman–Crippen MR) is 153 cm³/mol. The van der Waals surface area contributed by atoms with E-state index in [1.807, 2.05) is 73.4 Å². The van der Waals surface area contributed by atoms with Crippen LogP contribution in [0.5, 0.6) is 0 Å². The minimum Gasteiger partial charge on any atom is -0.390 e. The van der Waals surface area contributed by atoms with E-state index >= 15 is 0 Å². The van der Waals surface area contributed by atoms with E-state index in [1.165, 1.54) is 0 Å². The maximum atomic E-state index is 10.3. The van der Waals surface area contributed by atoms with Crippen molar-refractivity contribution in [2.24, 2.45) is 5.73 Å². The third-order valence-corrected chi connectivity index (χ3v) is 7.71. The summed E-state index contributed by atoms with van der Waals surface area (Å²) in [7, 11) is 0. The minimum atomic E-state index is -0.714. The van der Waals surface area contributed by atoms with Crippen LogP contribution in [-0.2, 0) is 5.54 Å². The van der Waals surface area contributed by atoms with Crippen LogP contribution < -0.4 is 5.73 Å². The number of benzene rings is 2. The van der Waals surface area contributed by atoms with Crippen molar-refractivity contribution in [2.45, 2.75) is 37.8 Å². The molecular weight excluding hydrogens is 484 g/mol. The summed E-state index contributed by atoms with van der Waals surface area (Å²) in [6.07, 6.45) is 6.60. The van der Waals surface area contributed by atoms with Gasteiger partial charge in [0.15, 0.2) is 11.3 Å². The average molecular weight is 513 g/mol. The second-order valence-electron chi connectivity index (χ2n) is 10.9. The Kier molecular flexibility index (Phi) is 5.17. The van der Waals surface area contributed by atoms with Gasteiger partial charge in [0.1, 0.15) is 0 Å². The summed E-state index contributed by atoms with van der Waals surface area (Å²) in [5, 5.41) is 16.0. The van der Waals surface area contributed by atoms with E-state index < -0.39 is 11.1 Å². The monoisotopic (exact) mass is 512 g/mol. The van der Waals surface area contributed by atoms with E-state index in [2.05, 4.69) is 41.4 Å². The highest BCUT2D eigenvalue weighted by molar-refractivity contribution is 6.06. The van der Waals surface area contributed by atoms with Crippen LogP contribution in [-0.4, -0.2) is 35.3 Å². The number of aliphatic hydroxyl groups is 1. The molecule has 0 atom stereocenters. The third kappa shape index (κ3) is 3.90. The summed E-state index contributed by atoms with van der Waals surface area (Å²) in [5.41, 5.74) is 14.7. The summed E-state index contributed by atoms with van der Waals surface area (Å²) < 4.78 is 1.83. The van der Waals surface area contributed by atoms with Gasteiger partial charge in [0.05, 0.1) is 17.0 Å². The van der Waals surface area contributed by atoms with Gasteiger partial charge in [0.25, 0.3) is 0 Å². The lowest BCUT2D eigenvalue weighted by atomic mass is 9.63. The Balaban J connectivity index is 1.54. The van der Waals surface area contributed by atoms with Gasteiger partial charge in [-0.3, -0.25) is 4.98 Å². The first-order chi connectivity index (χ1) is 18.8. The summed E-state index contributed by atoms with van der Waals surface area (Å²) in [5.74, 6) is 0. The zero-order valence-electron chi connectivity index (χ0n) is 21.8. The maximum Gasteiger partial charge on any atom is 0.165 e. The van der Waals surface area contributed by atoms with Crippen molar-refractivity contribution in [2.75, 3.05) is 0 Å². The molecular formula is C32H28N6O. The van der Waals surface area contributed by atoms with Crippen molar-refractivity contribution in [3.63, 3.8) is 0 Å². The van der Waals surface area contributed by atoms with E-state index in [9.17, 15) is 5.11 Å². The summed E-state index contributed by atoms with van der Waals surface area (Å²) in [4.78, 5) is 14.3. The number of aryl methyl sites for hydroxylation is 1. The molecule has 6 aromatic rings. The molecule has 0 bridgehead atoms. The fraction of sp³-hybridized carbons (Fsp3) is 0.188. The topological polar surface area (TPSA) is 102 Å². The van der Waals surface area contributed by atoms with Gasteiger partial charge >= 0.3 is 0 Å². The lowest BCUT2D eigenvalue weighted by Gasteiger charge is -2.49. The molecule has 1 aliphatic carbocycles. The van der Waals surface area contributed by atoms with Gasteiger partial charge in [0, 0.05) is 52.3 Å².